The van der Waals surface area contributed by atoms with E-state index in [1.165, 1.54) is 38.5 Å². The first kappa shape index (κ1) is 24.6. The zero-order valence-electron chi connectivity index (χ0n) is 17.3. The molecule has 0 bridgehead atoms. The number of quaternary nitrogens is 1. The van der Waals surface area contributed by atoms with Gasteiger partial charge in [-0.15, -0.1) is 0 Å². The zero-order valence-corrected chi connectivity index (χ0v) is 17.3. The van der Waals surface area contributed by atoms with Crippen molar-refractivity contribution in [3.63, 3.8) is 0 Å². The lowest BCUT2D eigenvalue weighted by Gasteiger charge is -2.28. The Bertz CT molecular complexity index is 413. The molecule has 5 nitrogen and oxygen atoms in total. The molecule has 0 unspecified atom stereocenters. The number of carbonyl (C=O) groups excluding carboxylic acids is 1. The number of likely N-dealkylation sites (N-methyl/N-ethyl adjacent to an activating group) is 1. The molecule has 0 aromatic carbocycles. The van der Waals surface area contributed by atoms with Crippen molar-refractivity contribution in [3.8, 4) is 0 Å². The van der Waals surface area contributed by atoms with Crippen molar-refractivity contribution in [2.75, 3.05) is 27.7 Å². The molecule has 0 spiro atoms. The highest BCUT2D eigenvalue weighted by Gasteiger charge is 2.24. The molecule has 0 rings (SSSR count). The van der Waals surface area contributed by atoms with Crippen molar-refractivity contribution < 1.29 is 23.9 Å². The molecule has 0 saturated heterocycles. The van der Waals surface area contributed by atoms with Crippen molar-refractivity contribution in [2.45, 2.75) is 83.7 Å². The van der Waals surface area contributed by atoms with Crippen LogP contribution in [-0.4, -0.2) is 55.3 Å². The Hall–Kier alpha value is -1.36. The van der Waals surface area contributed by atoms with Crippen LogP contribution in [-0.2, 0) is 14.3 Å². The number of nitrogens with zero attached hydrogens (tertiary/aromatic N) is 1. The van der Waals surface area contributed by atoms with Gasteiger partial charge in [0.05, 0.1) is 27.6 Å². The van der Waals surface area contributed by atoms with Crippen LogP contribution < -0.4 is 0 Å². The van der Waals surface area contributed by atoms with E-state index in [9.17, 15) is 9.59 Å². The molecule has 0 saturated carbocycles. The van der Waals surface area contributed by atoms with Gasteiger partial charge in [0.2, 0.25) is 0 Å². The van der Waals surface area contributed by atoms with Gasteiger partial charge in [0.15, 0.2) is 6.10 Å². The summed E-state index contributed by atoms with van der Waals surface area (Å²) in [6, 6.07) is 0. The predicted molar refractivity (Wildman–Crippen MR) is 106 cm³/mol. The molecule has 1 N–H and O–H groups in total. The number of carboxylic acid groups (broad SMARTS) is 1. The van der Waals surface area contributed by atoms with Crippen molar-refractivity contribution in [3.05, 3.63) is 12.2 Å². The third-order valence-corrected chi connectivity index (χ3v) is 4.09. The van der Waals surface area contributed by atoms with E-state index in [-0.39, 0.29) is 12.4 Å². The summed E-state index contributed by atoms with van der Waals surface area (Å²) in [5, 5.41) is 8.96. The fraction of sp³-hybridized carbons (Fsp3) is 0.810. The van der Waals surface area contributed by atoms with Crippen molar-refractivity contribution in [1.29, 1.82) is 0 Å². The minimum absolute atomic E-state index is 0.139. The fourth-order valence-electron chi connectivity index (χ4n) is 2.84. The number of hydrogen-bond donors (Lipinski definition) is 1. The number of ether oxygens (including phenoxy) is 1. The summed E-state index contributed by atoms with van der Waals surface area (Å²) in [5.74, 6) is -1.23. The summed E-state index contributed by atoms with van der Waals surface area (Å²) >= 11 is 0. The number of rotatable bonds is 16. The SMILES string of the molecule is CCCCCCCCC=CCCCC(=O)O[C@H](CC(=O)O)C[N+](C)(C)C. The van der Waals surface area contributed by atoms with Gasteiger partial charge in [-0.3, -0.25) is 9.59 Å². The molecule has 0 aliphatic rings. The van der Waals surface area contributed by atoms with Gasteiger partial charge in [0.1, 0.15) is 6.54 Å². The van der Waals surface area contributed by atoms with Crippen LogP contribution in [0, 0.1) is 0 Å². The standard InChI is InChI=1S/C21H39NO4/c1-5-6-7-8-9-10-11-12-13-14-15-16-21(25)26-19(17-20(23)24)18-22(2,3)4/h12-13,19H,5-11,14-18H2,1-4H3/p+1/t19-/m1/s1. The molecule has 0 aromatic rings. The monoisotopic (exact) mass is 370 g/mol. The molecule has 0 fully saturated rings. The van der Waals surface area contributed by atoms with Crippen LogP contribution in [0.3, 0.4) is 0 Å². The number of hydrogen-bond acceptors (Lipinski definition) is 3. The van der Waals surface area contributed by atoms with Crippen molar-refractivity contribution in [2.24, 2.45) is 0 Å². The van der Waals surface area contributed by atoms with Gasteiger partial charge in [-0.05, 0) is 25.7 Å². The minimum Gasteiger partial charge on any atom is -0.481 e. The molecular weight excluding hydrogens is 330 g/mol. The lowest BCUT2D eigenvalue weighted by molar-refractivity contribution is -0.873. The number of carboxylic acids is 1. The molecule has 152 valence electrons. The Morgan fingerprint density at radius 3 is 2.12 bits per heavy atom. The maximum atomic E-state index is 11.9. The second-order valence-electron chi connectivity index (χ2n) is 8.10. The average molecular weight is 371 g/mol. The Morgan fingerprint density at radius 1 is 0.962 bits per heavy atom. The van der Waals surface area contributed by atoms with Crippen LogP contribution in [0.15, 0.2) is 12.2 Å². The molecule has 0 aliphatic heterocycles. The topological polar surface area (TPSA) is 63.6 Å². The van der Waals surface area contributed by atoms with Crippen LogP contribution in [0.4, 0.5) is 0 Å². The van der Waals surface area contributed by atoms with E-state index in [1.54, 1.807) is 0 Å². The van der Waals surface area contributed by atoms with E-state index >= 15 is 0 Å². The molecule has 0 aliphatic carbocycles. The fourth-order valence-corrected chi connectivity index (χ4v) is 2.84. The Kier molecular flexibility index (Phi) is 14.0. The van der Waals surface area contributed by atoms with Crippen LogP contribution in [0.2, 0.25) is 0 Å². The van der Waals surface area contributed by atoms with Crippen LogP contribution in [0.25, 0.3) is 0 Å². The van der Waals surface area contributed by atoms with Crippen LogP contribution in [0.5, 0.6) is 0 Å². The number of unbranched alkanes of at least 4 members (excludes halogenated alkanes) is 7. The Labute approximate surface area is 160 Å². The average Bonchev–Trinajstić information content (AvgIpc) is 2.50. The lowest BCUT2D eigenvalue weighted by Crippen LogP contribution is -2.43. The van der Waals surface area contributed by atoms with Crippen molar-refractivity contribution in [1.82, 2.24) is 0 Å². The number of allylic oxidation sites excluding steroid dienone is 2. The smallest absolute Gasteiger partial charge is 0.307 e. The highest BCUT2D eigenvalue weighted by Crippen LogP contribution is 2.10. The second kappa shape index (κ2) is 14.8. The van der Waals surface area contributed by atoms with Gasteiger partial charge >= 0.3 is 11.9 Å². The first-order valence-corrected chi connectivity index (χ1v) is 10.1. The Balaban J connectivity index is 3.85. The largest absolute Gasteiger partial charge is 0.481 e. The molecule has 0 amide bonds. The quantitative estimate of drug-likeness (QED) is 0.187. The first-order valence-electron chi connectivity index (χ1n) is 10.1. The molecule has 0 radical (unpaired) electrons. The molecule has 26 heavy (non-hydrogen) atoms. The summed E-state index contributed by atoms with van der Waals surface area (Å²) in [6.07, 6.45) is 14.5. The normalized spacial score (nSPS) is 13.1. The van der Waals surface area contributed by atoms with E-state index in [4.69, 9.17) is 9.84 Å². The third kappa shape index (κ3) is 17.5. The first-order chi connectivity index (χ1) is 12.2. The van der Waals surface area contributed by atoms with Crippen LogP contribution >= 0.6 is 0 Å². The lowest BCUT2D eigenvalue weighted by atomic mass is 10.1. The maximum Gasteiger partial charge on any atom is 0.307 e. The molecule has 0 heterocycles. The van der Waals surface area contributed by atoms with E-state index in [0.717, 1.165) is 19.3 Å². The molecular formula is C21H40NO4+. The third-order valence-electron chi connectivity index (χ3n) is 4.09. The maximum absolute atomic E-state index is 11.9. The predicted octanol–water partition coefficient (Wildman–Crippen LogP) is 4.56. The van der Waals surface area contributed by atoms with Crippen LogP contribution in [0.1, 0.15) is 77.6 Å². The highest BCUT2D eigenvalue weighted by atomic mass is 16.5. The number of aliphatic carboxylic acids is 1. The van der Waals surface area contributed by atoms with Gasteiger partial charge in [-0.1, -0.05) is 51.2 Å². The van der Waals surface area contributed by atoms with Gasteiger partial charge in [-0.25, -0.2) is 0 Å². The molecule has 5 heteroatoms. The van der Waals surface area contributed by atoms with E-state index in [0.29, 0.717) is 17.4 Å². The molecule has 0 aromatic heterocycles. The zero-order chi connectivity index (χ0) is 19.8. The number of esters is 1. The summed E-state index contributed by atoms with van der Waals surface area (Å²) < 4.78 is 5.93. The summed E-state index contributed by atoms with van der Waals surface area (Å²) in [6.45, 7) is 2.73. The van der Waals surface area contributed by atoms with E-state index in [1.807, 2.05) is 21.1 Å². The number of carbonyl (C=O) groups is 2. The second-order valence-corrected chi connectivity index (χ2v) is 8.10. The summed E-state index contributed by atoms with van der Waals surface area (Å²) in [5.41, 5.74) is 0. The molecule has 1 atom stereocenters. The van der Waals surface area contributed by atoms with Gasteiger partial charge < -0.3 is 14.3 Å². The van der Waals surface area contributed by atoms with E-state index in [2.05, 4.69) is 19.1 Å². The summed E-state index contributed by atoms with van der Waals surface area (Å²) in [7, 11) is 5.87. The van der Waals surface area contributed by atoms with Gasteiger partial charge in [0.25, 0.3) is 0 Å². The van der Waals surface area contributed by atoms with Gasteiger partial charge in [-0.2, -0.15) is 0 Å². The minimum atomic E-state index is -0.936. The van der Waals surface area contributed by atoms with Crippen molar-refractivity contribution >= 4 is 11.9 Å². The van der Waals surface area contributed by atoms with E-state index < -0.39 is 12.1 Å². The Morgan fingerprint density at radius 2 is 1.54 bits per heavy atom. The van der Waals surface area contributed by atoms with Gasteiger partial charge in [0, 0.05) is 6.42 Å². The summed E-state index contributed by atoms with van der Waals surface area (Å²) in [4.78, 5) is 22.9. The highest BCUT2D eigenvalue weighted by molar-refractivity contribution is 5.71.